The molecule has 0 atom stereocenters. The van der Waals surface area contributed by atoms with Crippen LogP contribution in [-0.2, 0) is 6.54 Å². The van der Waals surface area contributed by atoms with E-state index in [4.69, 9.17) is 4.74 Å². The van der Waals surface area contributed by atoms with Crippen molar-refractivity contribution in [1.29, 1.82) is 0 Å². The number of hydrogen-bond acceptors (Lipinski definition) is 5. The van der Waals surface area contributed by atoms with Gasteiger partial charge in [0.1, 0.15) is 12.4 Å². The smallest absolute Gasteiger partial charge is 0.195 e. The number of ketones is 1. The van der Waals surface area contributed by atoms with Crippen LogP contribution in [0.15, 0.2) is 54.6 Å². The van der Waals surface area contributed by atoms with Crippen LogP contribution in [0.3, 0.4) is 0 Å². The molecule has 5 heteroatoms. The molecule has 6 rings (SSSR count). The second-order valence-corrected chi connectivity index (χ2v) is 12.7. The number of nitrogens with zero attached hydrogens (tertiary/aromatic N) is 2. The highest BCUT2D eigenvalue weighted by atomic mass is 32.1. The summed E-state index contributed by atoms with van der Waals surface area (Å²) in [6.45, 7) is 13.7. The number of ether oxygens (including phenoxy) is 1. The van der Waals surface area contributed by atoms with Gasteiger partial charge >= 0.3 is 0 Å². The van der Waals surface area contributed by atoms with E-state index in [0.717, 1.165) is 56.1 Å². The lowest BCUT2D eigenvalue weighted by Gasteiger charge is -2.17. The summed E-state index contributed by atoms with van der Waals surface area (Å²) in [5.41, 5.74) is 7.49. The molecule has 208 valence electrons. The largest absolute Gasteiger partial charge is 0.492 e. The van der Waals surface area contributed by atoms with Gasteiger partial charge in [0.05, 0.1) is 0 Å². The molecule has 2 fully saturated rings. The topological polar surface area (TPSA) is 32.8 Å². The van der Waals surface area contributed by atoms with Crippen molar-refractivity contribution in [3.05, 3.63) is 88.0 Å². The summed E-state index contributed by atoms with van der Waals surface area (Å²) >= 11 is 1.72. The molecule has 4 aromatic rings. The first-order valence-corrected chi connectivity index (χ1v) is 15.6. The Labute approximate surface area is 242 Å². The van der Waals surface area contributed by atoms with Crippen LogP contribution < -0.4 is 4.74 Å². The lowest BCUT2D eigenvalue weighted by molar-refractivity contribution is 0.104. The summed E-state index contributed by atoms with van der Waals surface area (Å²) in [6, 6.07) is 19.1. The molecule has 3 heterocycles. The minimum atomic E-state index is 0.101. The summed E-state index contributed by atoms with van der Waals surface area (Å²) in [6.07, 6.45) is 5.17. The number of carbonyl (C=O) groups excluding carboxylic acids is 1. The third-order valence-electron chi connectivity index (χ3n) is 8.57. The molecule has 0 bridgehead atoms. The van der Waals surface area contributed by atoms with E-state index in [1.54, 1.807) is 11.3 Å². The van der Waals surface area contributed by atoms with Crippen LogP contribution in [0.1, 0.15) is 63.9 Å². The summed E-state index contributed by atoms with van der Waals surface area (Å²) in [7, 11) is 0. The molecule has 0 spiro atoms. The van der Waals surface area contributed by atoms with Gasteiger partial charge in [-0.1, -0.05) is 24.3 Å². The zero-order chi connectivity index (χ0) is 27.6. The summed E-state index contributed by atoms with van der Waals surface area (Å²) < 4.78 is 7.33. The predicted molar refractivity (Wildman–Crippen MR) is 167 cm³/mol. The molecule has 2 saturated heterocycles. The van der Waals surface area contributed by atoms with E-state index in [9.17, 15) is 4.79 Å². The van der Waals surface area contributed by atoms with Crippen molar-refractivity contribution in [2.24, 2.45) is 0 Å². The maximum Gasteiger partial charge on any atom is 0.195 e. The van der Waals surface area contributed by atoms with Crippen molar-refractivity contribution in [2.45, 2.75) is 53.0 Å². The number of likely N-dealkylation sites (tertiary alicyclic amines) is 2. The molecule has 0 N–H and O–H groups in total. The van der Waals surface area contributed by atoms with Gasteiger partial charge in [0, 0.05) is 39.2 Å². The first-order valence-electron chi connectivity index (χ1n) is 14.8. The third kappa shape index (κ3) is 5.74. The fraction of sp³-hybridized carbons (Fsp3) is 0.400. The summed E-state index contributed by atoms with van der Waals surface area (Å²) in [5, 5.41) is 1.04. The van der Waals surface area contributed by atoms with Gasteiger partial charge in [0.2, 0.25) is 0 Å². The van der Waals surface area contributed by atoms with Gasteiger partial charge in [-0.2, -0.15) is 0 Å². The number of hydrogen-bond donors (Lipinski definition) is 0. The molecule has 2 aliphatic rings. The molecular weight excluding hydrogens is 512 g/mol. The van der Waals surface area contributed by atoms with E-state index in [1.807, 2.05) is 6.07 Å². The molecule has 3 aromatic carbocycles. The highest BCUT2D eigenvalue weighted by Crippen LogP contribution is 2.41. The van der Waals surface area contributed by atoms with Crippen molar-refractivity contribution < 1.29 is 9.53 Å². The number of fused-ring (bicyclic) bond motifs is 1. The van der Waals surface area contributed by atoms with Crippen LogP contribution in [0.4, 0.5) is 0 Å². The summed E-state index contributed by atoms with van der Waals surface area (Å²) in [4.78, 5) is 20.2. The van der Waals surface area contributed by atoms with E-state index >= 15 is 0 Å². The Hall–Kier alpha value is -2.99. The maximum atomic E-state index is 14.2. The van der Waals surface area contributed by atoms with Crippen LogP contribution in [-0.4, -0.2) is 54.9 Å². The number of carbonyl (C=O) groups is 1. The molecule has 0 amide bonds. The van der Waals surface area contributed by atoms with Gasteiger partial charge in [-0.05, 0) is 131 Å². The van der Waals surface area contributed by atoms with Crippen LogP contribution in [0.25, 0.3) is 20.5 Å². The molecule has 4 nitrogen and oxygen atoms in total. The molecule has 40 heavy (non-hydrogen) atoms. The van der Waals surface area contributed by atoms with E-state index in [-0.39, 0.29) is 5.78 Å². The van der Waals surface area contributed by atoms with Crippen molar-refractivity contribution in [3.8, 4) is 16.2 Å². The molecule has 0 radical (unpaired) electrons. The Balaban J connectivity index is 1.30. The number of rotatable bonds is 9. The zero-order valence-corrected chi connectivity index (χ0v) is 24.9. The SMILES string of the molecule is Cc1ccc2c(C(=O)c3ccc(CN4CCCC4)c(C)c3)c(-c3ccc(OCCN4CCCC4)c(C)c3)sc2c1. The van der Waals surface area contributed by atoms with Gasteiger partial charge in [-0.25, -0.2) is 0 Å². The minimum Gasteiger partial charge on any atom is -0.492 e. The Morgan fingerprint density at radius 1 is 0.825 bits per heavy atom. The van der Waals surface area contributed by atoms with Gasteiger partial charge < -0.3 is 4.74 Å². The Morgan fingerprint density at radius 3 is 2.30 bits per heavy atom. The normalized spacial score (nSPS) is 16.3. The van der Waals surface area contributed by atoms with E-state index in [2.05, 4.69) is 79.1 Å². The number of aryl methyl sites for hydroxylation is 3. The monoisotopic (exact) mass is 552 g/mol. The maximum absolute atomic E-state index is 14.2. The molecule has 1 aromatic heterocycles. The van der Waals surface area contributed by atoms with Crippen molar-refractivity contribution in [3.63, 3.8) is 0 Å². The number of benzene rings is 3. The average Bonchev–Trinajstić information content (AvgIpc) is 3.72. The number of thiophene rings is 1. The minimum absolute atomic E-state index is 0.101. The van der Waals surface area contributed by atoms with Crippen molar-refractivity contribution in [1.82, 2.24) is 9.80 Å². The van der Waals surface area contributed by atoms with Crippen LogP contribution in [0.2, 0.25) is 0 Å². The average molecular weight is 553 g/mol. The Morgan fingerprint density at radius 2 is 1.57 bits per heavy atom. The Bertz CT molecular complexity index is 1530. The fourth-order valence-corrected chi connectivity index (χ4v) is 7.51. The second-order valence-electron chi connectivity index (χ2n) is 11.6. The van der Waals surface area contributed by atoms with E-state index in [1.165, 1.54) is 68.6 Å². The first-order chi connectivity index (χ1) is 19.5. The standard InChI is InChI=1S/C35H40N2O2S/c1-24-8-12-30-32(20-24)40-35(28-11-13-31(26(3)22-28)39-19-18-36-14-4-5-15-36)33(30)34(38)27-9-10-29(25(2)21-27)23-37-16-6-7-17-37/h8-13,20-22H,4-7,14-19,23H2,1-3H3. The lowest BCUT2D eigenvalue weighted by atomic mass is 9.94. The van der Waals surface area contributed by atoms with Crippen molar-refractivity contribution >= 4 is 27.2 Å². The van der Waals surface area contributed by atoms with Crippen LogP contribution >= 0.6 is 11.3 Å². The van der Waals surface area contributed by atoms with Gasteiger partial charge in [0.25, 0.3) is 0 Å². The molecule has 0 aliphatic carbocycles. The predicted octanol–water partition coefficient (Wildman–Crippen LogP) is 7.79. The Kier molecular flexibility index (Phi) is 8.06. The lowest BCUT2D eigenvalue weighted by Crippen LogP contribution is -2.25. The molecule has 0 unspecified atom stereocenters. The fourth-order valence-electron chi connectivity index (χ4n) is 6.22. The van der Waals surface area contributed by atoms with Gasteiger partial charge in [-0.3, -0.25) is 14.6 Å². The van der Waals surface area contributed by atoms with Gasteiger partial charge in [-0.15, -0.1) is 11.3 Å². The highest BCUT2D eigenvalue weighted by Gasteiger charge is 2.23. The van der Waals surface area contributed by atoms with E-state index < -0.39 is 0 Å². The molecule has 2 aliphatic heterocycles. The van der Waals surface area contributed by atoms with Crippen LogP contribution in [0.5, 0.6) is 5.75 Å². The molecular formula is C35H40N2O2S. The third-order valence-corrected chi connectivity index (χ3v) is 9.77. The van der Waals surface area contributed by atoms with Crippen LogP contribution in [0, 0.1) is 20.8 Å². The van der Waals surface area contributed by atoms with Gasteiger partial charge in [0.15, 0.2) is 5.78 Å². The highest BCUT2D eigenvalue weighted by molar-refractivity contribution is 7.22. The first kappa shape index (κ1) is 27.2. The summed E-state index contributed by atoms with van der Waals surface area (Å²) in [5.74, 6) is 1.03. The van der Waals surface area contributed by atoms with E-state index in [0.29, 0.717) is 6.61 Å². The zero-order valence-electron chi connectivity index (χ0n) is 24.1. The second kappa shape index (κ2) is 11.9. The molecule has 0 saturated carbocycles. The quantitative estimate of drug-likeness (QED) is 0.198. The van der Waals surface area contributed by atoms with Crippen molar-refractivity contribution in [2.75, 3.05) is 39.3 Å².